The van der Waals surface area contributed by atoms with Gasteiger partial charge in [0, 0.05) is 42.1 Å². The number of carbonyl (C=O) groups is 1. The number of aromatic nitrogens is 3. The molecule has 1 aliphatic carbocycles. The summed E-state index contributed by atoms with van der Waals surface area (Å²) in [6, 6.07) is 12.8. The molecule has 0 N–H and O–H groups in total. The molecule has 1 saturated carbocycles. The highest BCUT2D eigenvalue weighted by molar-refractivity contribution is 6.31. The van der Waals surface area contributed by atoms with Gasteiger partial charge in [-0.05, 0) is 61.7 Å². The Labute approximate surface area is 184 Å². The molecule has 0 bridgehead atoms. The van der Waals surface area contributed by atoms with E-state index in [4.69, 9.17) is 20.4 Å². The minimum Gasteiger partial charge on any atom is -0.436 e. The first-order chi connectivity index (χ1) is 15.0. The van der Waals surface area contributed by atoms with Crippen LogP contribution in [0, 0.1) is 6.92 Å². The van der Waals surface area contributed by atoms with E-state index in [1.165, 1.54) is 0 Å². The molecule has 0 aliphatic heterocycles. The second kappa shape index (κ2) is 7.81. The van der Waals surface area contributed by atoms with Crippen LogP contribution < -0.4 is 0 Å². The lowest BCUT2D eigenvalue weighted by Crippen LogP contribution is -2.35. The van der Waals surface area contributed by atoms with Gasteiger partial charge < -0.3 is 13.7 Å². The van der Waals surface area contributed by atoms with E-state index in [1.807, 2.05) is 36.2 Å². The number of rotatable bonds is 4. The third kappa shape index (κ3) is 3.81. The summed E-state index contributed by atoms with van der Waals surface area (Å²) >= 11 is 6.02. The van der Waals surface area contributed by atoms with Crippen LogP contribution in [0.3, 0.4) is 0 Å². The number of aryl methyl sites for hydroxylation is 1. The van der Waals surface area contributed by atoms with Crippen LogP contribution in [0.5, 0.6) is 0 Å². The number of carbonyl (C=O) groups excluding carboxylic acids is 1. The van der Waals surface area contributed by atoms with Crippen molar-refractivity contribution < 1.29 is 13.6 Å². The highest BCUT2D eigenvalue weighted by Gasteiger charge is 2.33. The topological polar surface area (TPSA) is 85.3 Å². The number of nitrogens with zero attached hydrogens (tertiary/aromatic N) is 4. The Morgan fingerprint density at radius 2 is 1.90 bits per heavy atom. The smallest absolute Gasteiger partial charge is 0.253 e. The zero-order valence-electron chi connectivity index (χ0n) is 17.2. The van der Waals surface area contributed by atoms with Crippen LogP contribution in [0.2, 0.25) is 5.02 Å². The molecule has 31 heavy (non-hydrogen) atoms. The van der Waals surface area contributed by atoms with Gasteiger partial charge in [0.15, 0.2) is 5.58 Å². The minimum atomic E-state index is -0.0109. The van der Waals surface area contributed by atoms with E-state index >= 15 is 0 Å². The fraction of sp³-hybridized carbons (Fsp3) is 0.304. The van der Waals surface area contributed by atoms with E-state index in [0.717, 1.165) is 24.8 Å². The third-order valence-corrected chi connectivity index (χ3v) is 6.13. The summed E-state index contributed by atoms with van der Waals surface area (Å²) in [6.45, 7) is 1.79. The standard InChI is InChI=1S/C23H21ClN4O3/c1-13-26-27-22(30-13)16-7-9-18(11-16)28(2)23(29)15-5-3-14(4-6-15)21-25-19-12-17(24)8-10-20(19)31-21/h3-6,8,10,12,16,18H,7,9,11H2,1-2H3/t16-,18+/m0/s1. The summed E-state index contributed by atoms with van der Waals surface area (Å²) in [5.74, 6) is 1.94. The summed E-state index contributed by atoms with van der Waals surface area (Å²) in [6.07, 6.45) is 2.68. The number of benzene rings is 2. The largest absolute Gasteiger partial charge is 0.436 e. The Morgan fingerprint density at radius 1 is 1.10 bits per heavy atom. The van der Waals surface area contributed by atoms with Crippen molar-refractivity contribution in [2.75, 3.05) is 7.05 Å². The molecule has 1 amide bonds. The average molecular weight is 437 g/mol. The van der Waals surface area contributed by atoms with Crippen molar-refractivity contribution in [2.45, 2.75) is 38.1 Å². The van der Waals surface area contributed by atoms with Crippen molar-refractivity contribution in [3.8, 4) is 11.5 Å². The molecule has 2 aromatic heterocycles. The molecule has 1 aliphatic rings. The quantitative estimate of drug-likeness (QED) is 0.434. The van der Waals surface area contributed by atoms with Crippen molar-refractivity contribution in [3.63, 3.8) is 0 Å². The average Bonchev–Trinajstić information content (AvgIpc) is 3.51. The van der Waals surface area contributed by atoms with Gasteiger partial charge in [0.2, 0.25) is 17.7 Å². The summed E-state index contributed by atoms with van der Waals surface area (Å²) < 4.78 is 11.4. The molecule has 2 heterocycles. The van der Waals surface area contributed by atoms with E-state index in [0.29, 0.717) is 39.4 Å². The first-order valence-electron chi connectivity index (χ1n) is 10.2. The normalized spacial score (nSPS) is 18.5. The van der Waals surface area contributed by atoms with Gasteiger partial charge in [-0.2, -0.15) is 0 Å². The summed E-state index contributed by atoms with van der Waals surface area (Å²) in [7, 11) is 1.85. The molecule has 5 rings (SSSR count). The van der Waals surface area contributed by atoms with Gasteiger partial charge in [0.1, 0.15) is 5.52 Å². The second-order valence-corrected chi connectivity index (χ2v) is 8.38. The molecule has 4 aromatic rings. The number of halogens is 1. The highest BCUT2D eigenvalue weighted by atomic mass is 35.5. The SMILES string of the molecule is Cc1nnc([C@H]2CC[C@@H](N(C)C(=O)c3ccc(-c4nc5cc(Cl)ccc5o4)cc3)C2)o1. The van der Waals surface area contributed by atoms with Gasteiger partial charge in [-0.3, -0.25) is 4.79 Å². The van der Waals surface area contributed by atoms with Crippen molar-refractivity contribution in [1.82, 2.24) is 20.1 Å². The maximum Gasteiger partial charge on any atom is 0.253 e. The Bertz CT molecular complexity index is 1250. The number of fused-ring (bicyclic) bond motifs is 1. The van der Waals surface area contributed by atoms with Crippen LogP contribution in [0.1, 0.15) is 47.3 Å². The number of hydrogen-bond donors (Lipinski definition) is 0. The van der Waals surface area contributed by atoms with Gasteiger partial charge in [-0.1, -0.05) is 11.6 Å². The van der Waals surface area contributed by atoms with Crippen molar-refractivity contribution in [3.05, 3.63) is 64.8 Å². The van der Waals surface area contributed by atoms with Gasteiger partial charge >= 0.3 is 0 Å². The van der Waals surface area contributed by atoms with Crippen molar-refractivity contribution in [2.24, 2.45) is 0 Å². The predicted molar refractivity (Wildman–Crippen MR) is 116 cm³/mol. The maximum atomic E-state index is 13.0. The van der Waals surface area contributed by atoms with Gasteiger partial charge in [0.05, 0.1) is 0 Å². The predicted octanol–water partition coefficient (Wildman–Crippen LogP) is 5.25. The zero-order valence-corrected chi connectivity index (χ0v) is 18.0. The van der Waals surface area contributed by atoms with Crippen LogP contribution in [-0.2, 0) is 0 Å². The Balaban J connectivity index is 1.29. The molecule has 0 unspecified atom stereocenters. The highest BCUT2D eigenvalue weighted by Crippen LogP contribution is 2.36. The van der Waals surface area contributed by atoms with E-state index in [2.05, 4.69) is 15.2 Å². The second-order valence-electron chi connectivity index (χ2n) is 7.95. The molecule has 1 fully saturated rings. The lowest BCUT2D eigenvalue weighted by atomic mass is 10.1. The van der Waals surface area contributed by atoms with Gasteiger partial charge in [-0.15, -0.1) is 10.2 Å². The van der Waals surface area contributed by atoms with Crippen LogP contribution in [0.25, 0.3) is 22.6 Å². The lowest BCUT2D eigenvalue weighted by Gasteiger charge is -2.24. The molecule has 0 saturated heterocycles. The van der Waals surface area contributed by atoms with E-state index in [1.54, 1.807) is 25.1 Å². The molecule has 8 heteroatoms. The van der Waals surface area contributed by atoms with Crippen LogP contribution >= 0.6 is 11.6 Å². The van der Waals surface area contributed by atoms with E-state index in [9.17, 15) is 4.79 Å². The summed E-state index contributed by atoms with van der Waals surface area (Å²) in [5, 5.41) is 8.67. The van der Waals surface area contributed by atoms with Crippen molar-refractivity contribution >= 4 is 28.6 Å². The Kier molecular flexibility index (Phi) is 4.98. The number of hydrogen-bond acceptors (Lipinski definition) is 6. The fourth-order valence-corrected chi connectivity index (χ4v) is 4.33. The molecular weight excluding hydrogens is 416 g/mol. The fourth-order valence-electron chi connectivity index (χ4n) is 4.16. The van der Waals surface area contributed by atoms with Crippen LogP contribution in [0.4, 0.5) is 0 Å². The monoisotopic (exact) mass is 436 g/mol. The minimum absolute atomic E-state index is 0.0109. The van der Waals surface area contributed by atoms with Gasteiger partial charge in [-0.25, -0.2) is 4.98 Å². The first kappa shape index (κ1) is 19.8. The molecule has 7 nitrogen and oxygen atoms in total. The lowest BCUT2D eigenvalue weighted by molar-refractivity contribution is 0.0733. The van der Waals surface area contributed by atoms with Crippen LogP contribution in [0.15, 0.2) is 51.3 Å². The molecule has 0 spiro atoms. The van der Waals surface area contributed by atoms with Crippen molar-refractivity contribution in [1.29, 1.82) is 0 Å². The number of oxazole rings is 1. The molecule has 2 atom stereocenters. The summed E-state index contributed by atoms with van der Waals surface area (Å²) in [5.41, 5.74) is 2.81. The molecule has 0 radical (unpaired) electrons. The molecule has 2 aromatic carbocycles. The Morgan fingerprint density at radius 3 is 2.65 bits per heavy atom. The summed E-state index contributed by atoms with van der Waals surface area (Å²) in [4.78, 5) is 19.3. The van der Waals surface area contributed by atoms with E-state index in [-0.39, 0.29) is 17.9 Å². The maximum absolute atomic E-state index is 13.0. The van der Waals surface area contributed by atoms with Crippen LogP contribution in [-0.4, -0.2) is 39.1 Å². The third-order valence-electron chi connectivity index (χ3n) is 5.89. The number of amides is 1. The molecule has 158 valence electrons. The van der Waals surface area contributed by atoms with Gasteiger partial charge in [0.25, 0.3) is 5.91 Å². The zero-order chi connectivity index (χ0) is 21.5. The van der Waals surface area contributed by atoms with E-state index < -0.39 is 0 Å². The Hall–Kier alpha value is -3.19. The first-order valence-corrected chi connectivity index (χ1v) is 10.6. The molecular formula is C23H21ClN4O3.